The largest absolute Gasteiger partial charge is 0.477 e. The van der Waals surface area contributed by atoms with Crippen LogP contribution in [-0.2, 0) is 0 Å². The maximum Gasteiger partial charge on any atom is 0.352 e. The number of fused-ring (bicyclic) bond motifs is 1. The molecule has 0 spiro atoms. The minimum atomic E-state index is -0.913. The highest BCUT2D eigenvalue weighted by atomic mass is 16.4. The predicted octanol–water partition coefficient (Wildman–Crippen LogP) is 1.50. The van der Waals surface area contributed by atoms with Crippen molar-refractivity contribution in [3.63, 3.8) is 0 Å². The zero-order valence-electron chi connectivity index (χ0n) is 9.97. The van der Waals surface area contributed by atoms with Crippen LogP contribution in [0.5, 0.6) is 0 Å². The topological polar surface area (TPSA) is 66.6 Å². The summed E-state index contributed by atoms with van der Waals surface area (Å²) >= 11 is 0. The number of rotatable bonds is 2. The Morgan fingerprint density at radius 2 is 2.39 bits per heavy atom. The van der Waals surface area contributed by atoms with Crippen molar-refractivity contribution in [2.24, 2.45) is 0 Å². The molecular weight excluding hydrogens is 230 g/mol. The summed E-state index contributed by atoms with van der Waals surface area (Å²) in [6.07, 6.45) is 3.91. The summed E-state index contributed by atoms with van der Waals surface area (Å²) in [6.45, 7) is 1.90. The van der Waals surface area contributed by atoms with Crippen LogP contribution >= 0.6 is 0 Å². The Kier molecular flexibility index (Phi) is 2.76. The first-order valence-corrected chi connectivity index (χ1v) is 6.18. The van der Waals surface area contributed by atoms with Crippen molar-refractivity contribution in [3.8, 4) is 0 Å². The van der Waals surface area contributed by atoms with Gasteiger partial charge in [0.15, 0.2) is 0 Å². The standard InChI is InChI=1S/C13H15N3O2/c17-13(18)11-5-1-4-10-8-15-12(16(10)11)9-3-2-6-14-7-9/h1,4-5,8-9,14H,2-3,6-7H2,(H,17,18). The van der Waals surface area contributed by atoms with E-state index in [0.717, 1.165) is 37.3 Å². The van der Waals surface area contributed by atoms with Gasteiger partial charge in [0.2, 0.25) is 0 Å². The van der Waals surface area contributed by atoms with Gasteiger partial charge in [-0.25, -0.2) is 9.78 Å². The van der Waals surface area contributed by atoms with Gasteiger partial charge in [-0.1, -0.05) is 6.07 Å². The van der Waals surface area contributed by atoms with E-state index in [9.17, 15) is 9.90 Å². The van der Waals surface area contributed by atoms with Gasteiger partial charge in [-0.15, -0.1) is 0 Å². The van der Waals surface area contributed by atoms with Crippen LogP contribution in [0.4, 0.5) is 0 Å². The maximum atomic E-state index is 11.3. The number of nitrogens with zero attached hydrogens (tertiary/aromatic N) is 2. The number of aromatic carboxylic acids is 1. The van der Waals surface area contributed by atoms with Crippen molar-refractivity contribution in [3.05, 3.63) is 35.9 Å². The molecule has 0 aliphatic carbocycles. The molecule has 0 saturated carbocycles. The molecule has 2 N–H and O–H groups in total. The van der Waals surface area contributed by atoms with E-state index < -0.39 is 5.97 Å². The van der Waals surface area contributed by atoms with Gasteiger partial charge in [0, 0.05) is 12.5 Å². The fourth-order valence-electron chi connectivity index (χ4n) is 2.60. The lowest BCUT2D eigenvalue weighted by atomic mass is 9.99. The molecule has 0 bridgehead atoms. The van der Waals surface area contributed by atoms with Crippen LogP contribution in [0.15, 0.2) is 24.4 Å². The average molecular weight is 245 g/mol. The molecule has 1 unspecified atom stereocenters. The number of carboxylic acids is 1. The molecule has 0 aromatic carbocycles. The van der Waals surface area contributed by atoms with Gasteiger partial charge in [-0.05, 0) is 31.5 Å². The smallest absolute Gasteiger partial charge is 0.352 e. The van der Waals surface area contributed by atoms with E-state index in [2.05, 4.69) is 10.3 Å². The van der Waals surface area contributed by atoms with Gasteiger partial charge in [0.25, 0.3) is 0 Å². The van der Waals surface area contributed by atoms with E-state index in [0.29, 0.717) is 5.92 Å². The van der Waals surface area contributed by atoms with Crippen LogP contribution in [0.3, 0.4) is 0 Å². The summed E-state index contributed by atoms with van der Waals surface area (Å²) in [5.41, 5.74) is 1.13. The van der Waals surface area contributed by atoms with Gasteiger partial charge in [0.1, 0.15) is 11.5 Å². The molecule has 1 saturated heterocycles. The lowest BCUT2D eigenvalue weighted by Crippen LogP contribution is -2.29. The van der Waals surface area contributed by atoms with Gasteiger partial charge < -0.3 is 10.4 Å². The van der Waals surface area contributed by atoms with E-state index in [1.807, 2.05) is 6.07 Å². The van der Waals surface area contributed by atoms with Crippen molar-refractivity contribution < 1.29 is 9.90 Å². The minimum absolute atomic E-state index is 0.283. The van der Waals surface area contributed by atoms with E-state index in [-0.39, 0.29) is 5.69 Å². The lowest BCUT2D eigenvalue weighted by molar-refractivity contribution is 0.0688. The quantitative estimate of drug-likeness (QED) is 0.841. The Labute approximate surface area is 104 Å². The van der Waals surface area contributed by atoms with E-state index in [1.54, 1.807) is 22.7 Å². The summed E-state index contributed by atoms with van der Waals surface area (Å²) in [7, 11) is 0. The highest BCUT2D eigenvalue weighted by molar-refractivity contribution is 5.86. The Hall–Kier alpha value is -1.88. The van der Waals surface area contributed by atoms with Crippen LogP contribution < -0.4 is 5.32 Å². The zero-order chi connectivity index (χ0) is 12.5. The normalized spacial score (nSPS) is 20.1. The molecule has 18 heavy (non-hydrogen) atoms. The van der Waals surface area contributed by atoms with Crippen LogP contribution in [0.2, 0.25) is 0 Å². The van der Waals surface area contributed by atoms with E-state index in [1.165, 1.54) is 0 Å². The summed E-state index contributed by atoms with van der Waals surface area (Å²) < 4.78 is 1.76. The summed E-state index contributed by atoms with van der Waals surface area (Å²) in [5, 5.41) is 12.6. The number of carboxylic acid groups (broad SMARTS) is 1. The van der Waals surface area contributed by atoms with Crippen LogP contribution in [0, 0.1) is 0 Å². The third-order valence-corrected chi connectivity index (χ3v) is 3.46. The number of imidazole rings is 1. The number of piperidine rings is 1. The van der Waals surface area contributed by atoms with Crippen LogP contribution in [0.1, 0.15) is 35.1 Å². The molecule has 94 valence electrons. The monoisotopic (exact) mass is 245 g/mol. The third-order valence-electron chi connectivity index (χ3n) is 3.46. The number of hydrogen-bond acceptors (Lipinski definition) is 3. The second kappa shape index (κ2) is 4.42. The van der Waals surface area contributed by atoms with Crippen molar-refractivity contribution >= 4 is 11.5 Å². The van der Waals surface area contributed by atoms with Crippen molar-refractivity contribution in [1.29, 1.82) is 0 Å². The molecule has 5 heteroatoms. The van der Waals surface area contributed by atoms with E-state index >= 15 is 0 Å². The number of nitrogens with one attached hydrogen (secondary N) is 1. The Morgan fingerprint density at radius 1 is 1.50 bits per heavy atom. The molecule has 1 atom stereocenters. The number of carbonyl (C=O) groups is 1. The molecule has 1 fully saturated rings. The van der Waals surface area contributed by atoms with Crippen molar-refractivity contribution in [1.82, 2.24) is 14.7 Å². The summed E-state index contributed by atoms with van der Waals surface area (Å²) in [6, 6.07) is 5.26. The molecule has 3 rings (SSSR count). The average Bonchev–Trinajstić information content (AvgIpc) is 2.83. The molecule has 5 nitrogen and oxygen atoms in total. The molecule has 1 aliphatic rings. The highest BCUT2D eigenvalue weighted by Crippen LogP contribution is 2.24. The van der Waals surface area contributed by atoms with Gasteiger partial charge in [0.05, 0.1) is 11.7 Å². The maximum absolute atomic E-state index is 11.3. The first kappa shape index (κ1) is 11.2. The third kappa shape index (κ3) is 1.76. The number of aromatic nitrogens is 2. The molecular formula is C13H15N3O2. The fourth-order valence-corrected chi connectivity index (χ4v) is 2.60. The number of hydrogen-bond donors (Lipinski definition) is 2. The second-order valence-corrected chi connectivity index (χ2v) is 4.64. The molecule has 0 radical (unpaired) electrons. The minimum Gasteiger partial charge on any atom is -0.477 e. The zero-order valence-corrected chi connectivity index (χ0v) is 9.97. The molecule has 2 aromatic heterocycles. The van der Waals surface area contributed by atoms with Gasteiger partial charge in [-0.3, -0.25) is 4.40 Å². The van der Waals surface area contributed by atoms with Crippen molar-refractivity contribution in [2.75, 3.05) is 13.1 Å². The van der Waals surface area contributed by atoms with E-state index in [4.69, 9.17) is 0 Å². The van der Waals surface area contributed by atoms with Gasteiger partial charge in [-0.2, -0.15) is 0 Å². The Morgan fingerprint density at radius 3 is 3.11 bits per heavy atom. The van der Waals surface area contributed by atoms with Crippen LogP contribution in [-0.4, -0.2) is 33.6 Å². The Bertz CT molecular complexity index is 585. The fraction of sp³-hybridized carbons (Fsp3) is 0.385. The first-order chi connectivity index (χ1) is 8.77. The Balaban J connectivity index is 2.14. The number of pyridine rings is 1. The highest BCUT2D eigenvalue weighted by Gasteiger charge is 2.22. The molecule has 3 heterocycles. The van der Waals surface area contributed by atoms with Crippen molar-refractivity contribution in [2.45, 2.75) is 18.8 Å². The molecule has 2 aromatic rings. The van der Waals surface area contributed by atoms with Crippen LogP contribution in [0.25, 0.3) is 5.52 Å². The summed E-state index contributed by atoms with van der Waals surface area (Å²) in [5.74, 6) is 0.237. The first-order valence-electron chi connectivity index (χ1n) is 6.18. The predicted molar refractivity (Wildman–Crippen MR) is 67.0 cm³/mol. The second-order valence-electron chi connectivity index (χ2n) is 4.64. The SMILES string of the molecule is O=C(O)c1cccc2cnc(C3CCCNC3)n12. The molecule has 1 aliphatic heterocycles. The summed E-state index contributed by atoms with van der Waals surface area (Å²) in [4.78, 5) is 15.7. The van der Waals surface area contributed by atoms with Gasteiger partial charge >= 0.3 is 5.97 Å². The lowest BCUT2D eigenvalue weighted by Gasteiger charge is -2.22. The molecule has 0 amide bonds.